The first kappa shape index (κ1) is 16.5. The minimum atomic E-state index is 0.0140. The summed E-state index contributed by atoms with van der Waals surface area (Å²) >= 11 is 1.60. The smallest absolute Gasteiger partial charge is 0.253 e. The lowest BCUT2D eigenvalue weighted by atomic mass is 10.1. The van der Waals surface area contributed by atoms with Crippen molar-refractivity contribution in [3.63, 3.8) is 0 Å². The minimum Gasteiger partial charge on any atom is -0.345 e. The molecule has 22 heavy (non-hydrogen) atoms. The Kier molecular flexibility index (Phi) is 5.54. The Balaban J connectivity index is 1.98. The monoisotopic (exact) mass is 319 g/mol. The van der Waals surface area contributed by atoms with Crippen LogP contribution in [0.5, 0.6) is 0 Å². The molecule has 0 saturated carbocycles. The van der Waals surface area contributed by atoms with E-state index in [1.165, 1.54) is 0 Å². The summed E-state index contributed by atoms with van der Waals surface area (Å²) in [4.78, 5) is 13.4. The summed E-state index contributed by atoms with van der Waals surface area (Å²) < 4.78 is 1.83. The number of tetrazole rings is 1. The van der Waals surface area contributed by atoms with Gasteiger partial charge in [-0.15, -0.1) is 5.10 Å². The summed E-state index contributed by atoms with van der Waals surface area (Å²) in [6.07, 6.45) is 0. The van der Waals surface area contributed by atoms with Crippen LogP contribution < -0.4 is 0 Å². The summed E-state index contributed by atoms with van der Waals surface area (Å²) in [5.41, 5.74) is 1.84. The Morgan fingerprint density at radius 3 is 2.55 bits per heavy atom. The van der Waals surface area contributed by atoms with Gasteiger partial charge in [-0.1, -0.05) is 37.7 Å². The molecule has 0 spiro atoms. The van der Waals surface area contributed by atoms with Gasteiger partial charge in [-0.05, 0) is 34.0 Å². The molecule has 6 nitrogen and oxygen atoms in total. The van der Waals surface area contributed by atoms with Gasteiger partial charge in [-0.3, -0.25) is 4.79 Å². The van der Waals surface area contributed by atoms with Gasteiger partial charge in [-0.25, -0.2) is 4.68 Å². The molecule has 1 heterocycles. The van der Waals surface area contributed by atoms with Crippen LogP contribution in [0.4, 0.5) is 0 Å². The summed E-state index contributed by atoms with van der Waals surface area (Å²) in [5.74, 6) is 1.29. The Labute approximate surface area is 134 Å². The average Bonchev–Trinajstić information content (AvgIpc) is 2.91. The molecular weight excluding hydrogens is 298 g/mol. The third-order valence-corrected chi connectivity index (χ3v) is 4.04. The van der Waals surface area contributed by atoms with E-state index in [0.717, 1.165) is 23.0 Å². The van der Waals surface area contributed by atoms with Crippen LogP contribution in [0.2, 0.25) is 0 Å². The molecule has 0 aliphatic heterocycles. The predicted molar refractivity (Wildman–Crippen MR) is 86.7 cm³/mol. The highest BCUT2D eigenvalue weighted by molar-refractivity contribution is 7.98. The highest BCUT2D eigenvalue weighted by Gasteiger charge is 2.10. The molecule has 7 heteroatoms. The van der Waals surface area contributed by atoms with E-state index in [-0.39, 0.29) is 5.91 Å². The number of benzene rings is 1. The van der Waals surface area contributed by atoms with Crippen LogP contribution in [0, 0.1) is 5.92 Å². The van der Waals surface area contributed by atoms with Gasteiger partial charge in [0.15, 0.2) is 0 Å². The summed E-state index contributed by atoms with van der Waals surface area (Å²) in [5, 5.41) is 12.6. The molecule has 0 N–H and O–H groups in total. The van der Waals surface area contributed by atoms with E-state index >= 15 is 0 Å². The number of rotatable bonds is 6. The number of hydrogen-bond acceptors (Lipinski definition) is 5. The maximum absolute atomic E-state index is 11.8. The Hall–Kier alpha value is -1.89. The highest BCUT2D eigenvalue weighted by Crippen LogP contribution is 2.21. The molecule has 0 fully saturated rings. The van der Waals surface area contributed by atoms with Gasteiger partial charge in [0.1, 0.15) is 0 Å². The van der Waals surface area contributed by atoms with Gasteiger partial charge in [-0.2, -0.15) is 0 Å². The van der Waals surface area contributed by atoms with E-state index in [9.17, 15) is 4.79 Å². The second kappa shape index (κ2) is 7.40. The molecular formula is C15H21N5OS. The summed E-state index contributed by atoms with van der Waals surface area (Å²) in [6, 6.07) is 7.66. The molecule has 0 radical (unpaired) electrons. The number of aromatic nitrogens is 4. The first-order chi connectivity index (χ1) is 10.5. The Morgan fingerprint density at radius 2 is 1.95 bits per heavy atom. The second-order valence-corrected chi connectivity index (χ2v) is 6.67. The fraction of sp³-hybridized carbons (Fsp3) is 0.467. The Morgan fingerprint density at radius 1 is 1.27 bits per heavy atom. The van der Waals surface area contributed by atoms with Crippen LogP contribution in [0.3, 0.4) is 0 Å². The van der Waals surface area contributed by atoms with Gasteiger partial charge in [0.05, 0.1) is 0 Å². The number of amides is 1. The van der Waals surface area contributed by atoms with E-state index in [2.05, 4.69) is 29.4 Å². The maximum atomic E-state index is 11.8. The van der Waals surface area contributed by atoms with Crippen molar-refractivity contribution in [2.45, 2.75) is 31.3 Å². The second-order valence-electron chi connectivity index (χ2n) is 5.72. The van der Waals surface area contributed by atoms with Crippen LogP contribution in [-0.4, -0.2) is 45.1 Å². The number of carbonyl (C=O) groups excluding carboxylic acids is 1. The van der Waals surface area contributed by atoms with Crippen molar-refractivity contribution in [2.24, 2.45) is 5.92 Å². The summed E-state index contributed by atoms with van der Waals surface area (Å²) in [6.45, 7) is 5.08. The molecule has 0 saturated heterocycles. The number of thioether (sulfide) groups is 1. The predicted octanol–water partition coefficient (Wildman–Crippen LogP) is 2.32. The van der Waals surface area contributed by atoms with Crippen LogP contribution in [0.25, 0.3) is 0 Å². The number of nitrogens with zero attached hydrogens (tertiary/aromatic N) is 5. The van der Waals surface area contributed by atoms with Gasteiger partial charge in [0.25, 0.3) is 5.91 Å². The molecule has 0 bridgehead atoms. The summed E-state index contributed by atoms with van der Waals surface area (Å²) in [7, 11) is 3.50. The lowest BCUT2D eigenvalue weighted by Gasteiger charge is -2.10. The zero-order valence-electron chi connectivity index (χ0n) is 13.4. The molecule has 2 aromatic rings. The normalized spacial score (nSPS) is 11.0. The van der Waals surface area contributed by atoms with Crippen LogP contribution in [0.15, 0.2) is 29.4 Å². The largest absolute Gasteiger partial charge is 0.345 e. The minimum absolute atomic E-state index is 0.0140. The van der Waals surface area contributed by atoms with E-state index in [1.807, 2.05) is 28.9 Å². The van der Waals surface area contributed by atoms with Crippen LogP contribution in [0.1, 0.15) is 29.8 Å². The van der Waals surface area contributed by atoms with E-state index in [1.54, 1.807) is 30.8 Å². The lowest BCUT2D eigenvalue weighted by molar-refractivity contribution is 0.0827. The van der Waals surface area contributed by atoms with Crippen molar-refractivity contribution in [1.82, 2.24) is 25.1 Å². The average molecular weight is 319 g/mol. The van der Waals surface area contributed by atoms with Crippen molar-refractivity contribution in [1.29, 1.82) is 0 Å². The standard InChI is InChI=1S/C15H21N5OS/c1-11(2)9-20-15(16-17-18-20)22-10-12-5-7-13(8-6-12)14(21)19(3)4/h5-8,11H,9-10H2,1-4H3. The highest BCUT2D eigenvalue weighted by atomic mass is 32.2. The van der Waals surface area contributed by atoms with Crippen molar-refractivity contribution in [3.8, 4) is 0 Å². The lowest BCUT2D eigenvalue weighted by Crippen LogP contribution is -2.21. The van der Waals surface area contributed by atoms with E-state index < -0.39 is 0 Å². The molecule has 1 aromatic carbocycles. The van der Waals surface area contributed by atoms with Crippen molar-refractivity contribution in [3.05, 3.63) is 35.4 Å². The van der Waals surface area contributed by atoms with Gasteiger partial charge < -0.3 is 4.90 Å². The first-order valence-electron chi connectivity index (χ1n) is 7.17. The third-order valence-electron chi connectivity index (χ3n) is 3.01. The first-order valence-corrected chi connectivity index (χ1v) is 8.15. The van der Waals surface area contributed by atoms with E-state index in [0.29, 0.717) is 11.5 Å². The van der Waals surface area contributed by atoms with Gasteiger partial charge >= 0.3 is 0 Å². The van der Waals surface area contributed by atoms with Crippen LogP contribution in [-0.2, 0) is 12.3 Å². The molecule has 1 aromatic heterocycles. The van der Waals surface area contributed by atoms with Crippen molar-refractivity contribution in [2.75, 3.05) is 14.1 Å². The SMILES string of the molecule is CC(C)Cn1nnnc1SCc1ccc(C(=O)N(C)C)cc1. The number of hydrogen-bond donors (Lipinski definition) is 0. The maximum Gasteiger partial charge on any atom is 0.253 e. The zero-order valence-corrected chi connectivity index (χ0v) is 14.2. The molecule has 0 atom stereocenters. The molecule has 0 aliphatic rings. The zero-order chi connectivity index (χ0) is 16.1. The molecule has 1 amide bonds. The molecule has 0 aliphatic carbocycles. The molecule has 2 rings (SSSR count). The fourth-order valence-corrected chi connectivity index (χ4v) is 2.75. The number of carbonyl (C=O) groups is 1. The fourth-order valence-electron chi connectivity index (χ4n) is 1.91. The van der Waals surface area contributed by atoms with Gasteiger partial charge in [0.2, 0.25) is 5.16 Å². The quantitative estimate of drug-likeness (QED) is 0.765. The third kappa shape index (κ3) is 4.30. The molecule has 0 unspecified atom stereocenters. The Bertz CT molecular complexity index is 621. The van der Waals surface area contributed by atoms with Gasteiger partial charge in [0, 0.05) is 32.0 Å². The van der Waals surface area contributed by atoms with E-state index in [4.69, 9.17) is 0 Å². The molecule has 118 valence electrons. The van der Waals surface area contributed by atoms with Crippen molar-refractivity contribution >= 4 is 17.7 Å². The van der Waals surface area contributed by atoms with Crippen LogP contribution >= 0.6 is 11.8 Å². The van der Waals surface area contributed by atoms with Crippen molar-refractivity contribution < 1.29 is 4.79 Å². The topological polar surface area (TPSA) is 63.9 Å².